The molecular weight excluding hydrogens is 419 g/mol. The van der Waals surface area contributed by atoms with E-state index >= 15 is 0 Å². The molecule has 9 heteroatoms. The highest BCUT2D eigenvalue weighted by atomic mass is 19.4. The second-order valence-corrected chi connectivity index (χ2v) is 6.83. The van der Waals surface area contributed by atoms with Crippen molar-refractivity contribution in [2.45, 2.75) is 19.3 Å². The van der Waals surface area contributed by atoms with Crippen molar-refractivity contribution >= 4 is 5.95 Å². The van der Waals surface area contributed by atoms with Gasteiger partial charge >= 0.3 is 6.18 Å². The first-order valence-electron chi connectivity index (χ1n) is 9.69. The first kappa shape index (κ1) is 21.2. The van der Waals surface area contributed by atoms with Crippen LogP contribution in [0, 0.1) is 0 Å². The van der Waals surface area contributed by atoms with E-state index in [-0.39, 0.29) is 12.6 Å². The van der Waals surface area contributed by atoms with E-state index in [0.717, 1.165) is 23.0 Å². The maximum Gasteiger partial charge on any atom is 0.423 e. The van der Waals surface area contributed by atoms with Crippen molar-refractivity contribution in [3.05, 3.63) is 96.1 Å². The highest BCUT2D eigenvalue weighted by Crippen LogP contribution is 2.35. The first-order valence-corrected chi connectivity index (χ1v) is 9.69. The van der Waals surface area contributed by atoms with Gasteiger partial charge in [-0.3, -0.25) is 9.97 Å². The Kier molecular flexibility index (Phi) is 6.25. The Bertz CT molecular complexity index is 1150. The van der Waals surface area contributed by atoms with Gasteiger partial charge in [-0.2, -0.15) is 18.2 Å². The van der Waals surface area contributed by atoms with E-state index in [1.165, 1.54) is 6.20 Å². The van der Waals surface area contributed by atoms with Crippen LogP contribution in [0.5, 0.6) is 5.88 Å². The van der Waals surface area contributed by atoms with Crippen LogP contribution < -0.4 is 10.1 Å². The molecule has 0 aliphatic rings. The molecule has 0 spiro atoms. The second-order valence-electron chi connectivity index (χ2n) is 6.83. The lowest BCUT2D eigenvalue weighted by Gasteiger charge is -2.14. The van der Waals surface area contributed by atoms with Gasteiger partial charge in [-0.1, -0.05) is 36.4 Å². The van der Waals surface area contributed by atoms with E-state index in [4.69, 9.17) is 4.74 Å². The number of rotatable bonds is 7. The number of alkyl halides is 3. The largest absolute Gasteiger partial charge is 0.472 e. The Balaban J connectivity index is 1.46. The van der Waals surface area contributed by atoms with Crippen LogP contribution in [0.4, 0.5) is 19.1 Å². The average molecular weight is 437 g/mol. The van der Waals surface area contributed by atoms with E-state index in [2.05, 4.69) is 25.3 Å². The Morgan fingerprint density at radius 2 is 1.69 bits per heavy atom. The summed E-state index contributed by atoms with van der Waals surface area (Å²) in [6.07, 6.45) is 0.894. The molecule has 0 aliphatic heterocycles. The summed E-state index contributed by atoms with van der Waals surface area (Å²) < 4.78 is 45.4. The number of ether oxygens (including phenoxy) is 1. The van der Waals surface area contributed by atoms with Crippen LogP contribution >= 0.6 is 0 Å². The molecule has 0 bridgehead atoms. The molecule has 0 radical (unpaired) electrons. The molecule has 0 fully saturated rings. The number of hydrogen-bond donors (Lipinski definition) is 1. The number of pyridine rings is 2. The van der Waals surface area contributed by atoms with E-state index in [0.29, 0.717) is 12.1 Å². The molecule has 0 unspecified atom stereocenters. The van der Waals surface area contributed by atoms with Crippen LogP contribution in [0.2, 0.25) is 0 Å². The Labute approximate surface area is 182 Å². The van der Waals surface area contributed by atoms with Crippen molar-refractivity contribution in [1.29, 1.82) is 0 Å². The molecule has 6 nitrogen and oxygen atoms in total. The third-order valence-electron chi connectivity index (χ3n) is 4.52. The molecule has 0 amide bonds. The van der Waals surface area contributed by atoms with E-state index in [9.17, 15) is 13.2 Å². The van der Waals surface area contributed by atoms with Crippen LogP contribution in [0.15, 0.2) is 79.4 Å². The van der Waals surface area contributed by atoms with E-state index in [1.807, 2.05) is 42.5 Å². The van der Waals surface area contributed by atoms with Gasteiger partial charge in [-0.25, -0.2) is 4.98 Å². The average Bonchev–Trinajstić information content (AvgIpc) is 2.82. The third-order valence-corrected chi connectivity index (χ3v) is 4.52. The molecule has 0 atom stereocenters. The van der Waals surface area contributed by atoms with Gasteiger partial charge in [0, 0.05) is 42.5 Å². The van der Waals surface area contributed by atoms with E-state index in [1.54, 1.807) is 24.5 Å². The number of nitrogens with zero attached hydrogens (tertiary/aromatic N) is 4. The molecule has 0 saturated heterocycles. The number of benzene rings is 1. The van der Waals surface area contributed by atoms with Gasteiger partial charge in [-0.15, -0.1) is 0 Å². The van der Waals surface area contributed by atoms with Gasteiger partial charge in [0.2, 0.25) is 11.8 Å². The summed E-state index contributed by atoms with van der Waals surface area (Å²) in [6, 6.07) is 16.7. The summed E-state index contributed by atoms with van der Waals surface area (Å²) in [7, 11) is 0. The fourth-order valence-electron chi connectivity index (χ4n) is 2.90. The predicted octanol–water partition coefficient (Wildman–Crippen LogP) is 5.14. The topological polar surface area (TPSA) is 72.8 Å². The van der Waals surface area contributed by atoms with Gasteiger partial charge in [-0.05, 0) is 23.8 Å². The van der Waals surface area contributed by atoms with Crippen molar-refractivity contribution in [2.75, 3.05) is 5.32 Å². The van der Waals surface area contributed by atoms with Gasteiger partial charge < -0.3 is 10.1 Å². The minimum absolute atomic E-state index is 0.0352. The lowest BCUT2D eigenvalue weighted by Crippen LogP contribution is -2.13. The SMILES string of the molecule is FC(F)(F)c1cnc(NCc2ccc(-c3ccccn3)cc2)nc1OCc1cccnc1. The minimum Gasteiger partial charge on any atom is -0.472 e. The molecule has 162 valence electrons. The second kappa shape index (κ2) is 9.42. The van der Waals surface area contributed by atoms with Crippen molar-refractivity contribution in [1.82, 2.24) is 19.9 Å². The monoisotopic (exact) mass is 437 g/mol. The summed E-state index contributed by atoms with van der Waals surface area (Å²) in [5, 5.41) is 2.94. The van der Waals surface area contributed by atoms with Crippen LogP contribution in [0.3, 0.4) is 0 Å². The van der Waals surface area contributed by atoms with Crippen LogP contribution in [0.25, 0.3) is 11.3 Å². The molecule has 3 heterocycles. The van der Waals surface area contributed by atoms with Crippen molar-refractivity contribution in [3.63, 3.8) is 0 Å². The lowest BCUT2D eigenvalue weighted by molar-refractivity contribution is -0.139. The lowest BCUT2D eigenvalue weighted by atomic mass is 10.1. The van der Waals surface area contributed by atoms with Crippen molar-refractivity contribution < 1.29 is 17.9 Å². The molecule has 4 rings (SSSR count). The maximum atomic E-state index is 13.3. The molecule has 1 N–H and O–H groups in total. The summed E-state index contributed by atoms with van der Waals surface area (Å²) in [4.78, 5) is 16.0. The number of anilines is 1. The number of nitrogens with one attached hydrogen (secondary N) is 1. The molecular formula is C23H18F3N5O. The maximum absolute atomic E-state index is 13.3. The first-order chi connectivity index (χ1) is 15.5. The summed E-state index contributed by atoms with van der Waals surface area (Å²) >= 11 is 0. The third kappa shape index (κ3) is 5.37. The number of aromatic nitrogens is 4. The fraction of sp³-hybridized carbons (Fsp3) is 0.130. The van der Waals surface area contributed by atoms with E-state index < -0.39 is 17.6 Å². The van der Waals surface area contributed by atoms with Crippen LogP contribution in [0.1, 0.15) is 16.7 Å². The fourth-order valence-corrected chi connectivity index (χ4v) is 2.90. The minimum atomic E-state index is -4.63. The van der Waals surface area contributed by atoms with Gasteiger partial charge in [0.15, 0.2) is 0 Å². The summed E-state index contributed by atoms with van der Waals surface area (Å²) in [5.74, 6) is -0.502. The van der Waals surface area contributed by atoms with Gasteiger partial charge in [0.1, 0.15) is 12.2 Å². The highest BCUT2D eigenvalue weighted by Gasteiger charge is 2.36. The van der Waals surface area contributed by atoms with Crippen LogP contribution in [-0.2, 0) is 19.3 Å². The Morgan fingerprint density at radius 3 is 2.38 bits per heavy atom. The summed E-state index contributed by atoms with van der Waals surface area (Å²) in [6.45, 7) is 0.234. The molecule has 3 aromatic heterocycles. The quantitative estimate of drug-likeness (QED) is 0.432. The Morgan fingerprint density at radius 1 is 0.844 bits per heavy atom. The Hall–Kier alpha value is -4.01. The molecule has 0 aliphatic carbocycles. The zero-order valence-electron chi connectivity index (χ0n) is 16.8. The van der Waals surface area contributed by atoms with Crippen molar-refractivity contribution in [3.8, 4) is 17.1 Å². The normalized spacial score (nSPS) is 11.2. The van der Waals surface area contributed by atoms with Crippen LogP contribution in [-0.4, -0.2) is 19.9 Å². The molecule has 32 heavy (non-hydrogen) atoms. The zero-order valence-corrected chi connectivity index (χ0v) is 16.8. The summed E-state index contributed by atoms with van der Waals surface area (Å²) in [5.41, 5.74) is 2.32. The number of hydrogen-bond acceptors (Lipinski definition) is 6. The predicted molar refractivity (Wildman–Crippen MR) is 113 cm³/mol. The zero-order chi connectivity index (χ0) is 22.4. The molecule has 0 saturated carbocycles. The molecule has 4 aromatic rings. The smallest absolute Gasteiger partial charge is 0.423 e. The molecule has 1 aromatic carbocycles. The van der Waals surface area contributed by atoms with Gasteiger partial charge in [0.05, 0.1) is 5.69 Å². The highest BCUT2D eigenvalue weighted by molar-refractivity contribution is 5.59. The van der Waals surface area contributed by atoms with Crippen molar-refractivity contribution in [2.24, 2.45) is 0 Å². The standard InChI is InChI=1S/C23H18F3N5O/c24-23(25,26)19-14-30-22(31-21(19)32-15-17-4-3-10-27-12-17)29-13-16-6-8-18(9-7-16)20-5-1-2-11-28-20/h1-12,14H,13,15H2,(H,29,30,31). The van der Waals surface area contributed by atoms with Gasteiger partial charge in [0.25, 0.3) is 0 Å². The number of halogens is 3.